The lowest BCUT2D eigenvalue weighted by Crippen LogP contribution is -2.46. The molecule has 1 aliphatic heterocycles. The van der Waals surface area contributed by atoms with E-state index in [0.717, 1.165) is 35.2 Å². The average Bonchev–Trinajstić information content (AvgIpc) is 3.39. The predicted octanol–water partition coefficient (Wildman–Crippen LogP) is 2.58. The molecule has 1 fully saturated rings. The third-order valence-electron chi connectivity index (χ3n) is 6.10. The van der Waals surface area contributed by atoms with Crippen molar-refractivity contribution in [2.24, 2.45) is 11.1 Å². The number of primary sulfonamides is 1. The average molecular weight is 489 g/mol. The molecule has 0 bridgehead atoms. The minimum atomic E-state index is -3.71. The SMILES string of the molecule is CCn1c(C(=O)N2CCC[C@H](C(=O)NCCc3ccc(S(N)(=O)=O)cc3)C2)cc2sccc21. The van der Waals surface area contributed by atoms with Crippen LogP contribution in [-0.4, -0.2) is 49.3 Å². The molecular formula is C23H28N4O4S2. The quantitative estimate of drug-likeness (QED) is 0.532. The van der Waals surface area contributed by atoms with Crippen LogP contribution >= 0.6 is 11.3 Å². The summed E-state index contributed by atoms with van der Waals surface area (Å²) in [5.74, 6) is -0.313. The van der Waals surface area contributed by atoms with Gasteiger partial charge in [0.2, 0.25) is 15.9 Å². The van der Waals surface area contributed by atoms with Crippen LogP contribution in [0.2, 0.25) is 0 Å². The number of carbonyl (C=O) groups excluding carboxylic acids is 2. The molecule has 0 spiro atoms. The van der Waals surface area contributed by atoms with Crippen molar-refractivity contribution >= 4 is 43.4 Å². The molecular weight excluding hydrogens is 460 g/mol. The number of aromatic nitrogens is 1. The fourth-order valence-corrected chi connectivity index (χ4v) is 5.69. The second-order valence-electron chi connectivity index (χ2n) is 8.26. The first-order chi connectivity index (χ1) is 15.8. The number of hydrogen-bond donors (Lipinski definition) is 2. The Kier molecular flexibility index (Phi) is 6.87. The second kappa shape index (κ2) is 9.66. The topological polar surface area (TPSA) is 114 Å². The summed E-state index contributed by atoms with van der Waals surface area (Å²) in [4.78, 5) is 27.9. The van der Waals surface area contributed by atoms with Crippen LogP contribution in [0.4, 0.5) is 0 Å². The Bertz CT molecular complexity index is 1260. The van der Waals surface area contributed by atoms with Gasteiger partial charge in [0.05, 0.1) is 21.0 Å². The van der Waals surface area contributed by atoms with Gasteiger partial charge in [0, 0.05) is 26.2 Å². The van der Waals surface area contributed by atoms with Crippen LogP contribution in [0.5, 0.6) is 0 Å². The minimum absolute atomic E-state index is 0.0207. The number of fused-ring (bicyclic) bond motifs is 1. The molecule has 2 amide bonds. The lowest BCUT2D eigenvalue weighted by atomic mass is 9.96. The molecule has 1 saturated heterocycles. The first-order valence-electron chi connectivity index (χ1n) is 11.0. The van der Waals surface area contributed by atoms with E-state index in [1.165, 1.54) is 12.1 Å². The summed E-state index contributed by atoms with van der Waals surface area (Å²) in [6, 6.07) is 10.3. The van der Waals surface area contributed by atoms with E-state index in [4.69, 9.17) is 5.14 Å². The summed E-state index contributed by atoms with van der Waals surface area (Å²) in [5, 5.41) is 10.1. The van der Waals surface area contributed by atoms with Crippen LogP contribution in [0.15, 0.2) is 46.7 Å². The lowest BCUT2D eigenvalue weighted by molar-refractivity contribution is -0.126. The first kappa shape index (κ1) is 23.5. The van der Waals surface area contributed by atoms with Crippen molar-refractivity contribution < 1.29 is 18.0 Å². The third kappa shape index (κ3) is 5.13. The maximum absolute atomic E-state index is 13.2. The van der Waals surface area contributed by atoms with Crippen molar-refractivity contribution in [3.8, 4) is 0 Å². The Morgan fingerprint density at radius 1 is 1.21 bits per heavy atom. The number of aryl methyl sites for hydroxylation is 1. The monoisotopic (exact) mass is 488 g/mol. The number of nitrogens with one attached hydrogen (secondary N) is 1. The fraction of sp³-hybridized carbons (Fsp3) is 0.391. The largest absolute Gasteiger partial charge is 0.355 e. The highest BCUT2D eigenvalue weighted by atomic mass is 32.2. The van der Waals surface area contributed by atoms with Gasteiger partial charge in [0.15, 0.2) is 0 Å². The van der Waals surface area contributed by atoms with E-state index in [0.29, 0.717) is 31.7 Å². The van der Waals surface area contributed by atoms with Gasteiger partial charge in [-0.15, -0.1) is 11.3 Å². The highest BCUT2D eigenvalue weighted by molar-refractivity contribution is 7.89. The van der Waals surface area contributed by atoms with Gasteiger partial charge in [-0.05, 0) is 61.4 Å². The number of benzene rings is 1. The molecule has 3 N–H and O–H groups in total. The number of sulfonamides is 1. The predicted molar refractivity (Wildman–Crippen MR) is 129 cm³/mol. The van der Waals surface area contributed by atoms with Crippen LogP contribution in [0.3, 0.4) is 0 Å². The maximum Gasteiger partial charge on any atom is 0.270 e. The van der Waals surface area contributed by atoms with Gasteiger partial charge < -0.3 is 14.8 Å². The molecule has 3 heterocycles. The zero-order valence-electron chi connectivity index (χ0n) is 18.5. The van der Waals surface area contributed by atoms with E-state index in [1.54, 1.807) is 28.4 Å². The molecule has 1 aliphatic rings. The number of carbonyl (C=O) groups is 2. The van der Waals surface area contributed by atoms with Crippen LogP contribution in [0.25, 0.3) is 10.2 Å². The van der Waals surface area contributed by atoms with Crippen molar-refractivity contribution in [1.29, 1.82) is 0 Å². The van der Waals surface area contributed by atoms with E-state index in [9.17, 15) is 18.0 Å². The molecule has 0 radical (unpaired) electrons. The number of amides is 2. The molecule has 3 aromatic rings. The summed E-state index contributed by atoms with van der Waals surface area (Å²) < 4.78 is 25.8. The molecule has 0 unspecified atom stereocenters. The van der Waals surface area contributed by atoms with Crippen molar-refractivity contribution in [3.05, 3.63) is 53.0 Å². The summed E-state index contributed by atoms with van der Waals surface area (Å²) in [5.41, 5.74) is 2.67. The van der Waals surface area contributed by atoms with E-state index in [-0.39, 0.29) is 22.6 Å². The Balaban J connectivity index is 1.33. The van der Waals surface area contributed by atoms with Crippen LogP contribution in [0, 0.1) is 5.92 Å². The fourth-order valence-electron chi connectivity index (χ4n) is 4.35. The summed E-state index contributed by atoms with van der Waals surface area (Å²) in [6.07, 6.45) is 2.12. The van der Waals surface area contributed by atoms with Crippen molar-refractivity contribution in [1.82, 2.24) is 14.8 Å². The minimum Gasteiger partial charge on any atom is -0.355 e. The number of piperidine rings is 1. The van der Waals surface area contributed by atoms with E-state index in [1.807, 2.05) is 29.0 Å². The van der Waals surface area contributed by atoms with Gasteiger partial charge in [-0.25, -0.2) is 13.6 Å². The molecule has 33 heavy (non-hydrogen) atoms. The van der Waals surface area contributed by atoms with E-state index < -0.39 is 10.0 Å². The molecule has 0 aliphatic carbocycles. The Morgan fingerprint density at radius 2 is 1.97 bits per heavy atom. The molecule has 10 heteroatoms. The van der Waals surface area contributed by atoms with Crippen LogP contribution in [0.1, 0.15) is 35.8 Å². The van der Waals surface area contributed by atoms with Gasteiger partial charge in [0.1, 0.15) is 5.69 Å². The van der Waals surface area contributed by atoms with Gasteiger partial charge in [-0.1, -0.05) is 12.1 Å². The van der Waals surface area contributed by atoms with E-state index in [2.05, 4.69) is 5.32 Å². The standard InChI is InChI=1S/C23H28N4O4S2/c1-2-27-19-10-13-32-21(19)14-20(27)23(29)26-12-3-4-17(15-26)22(28)25-11-9-16-5-7-18(8-6-16)33(24,30)31/h5-8,10,13-14,17H,2-4,9,11-12,15H2,1H3,(H,25,28)(H2,24,30,31)/t17-/m0/s1. The molecule has 2 aromatic heterocycles. The summed E-state index contributed by atoms with van der Waals surface area (Å²) in [6.45, 7) is 4.25. The van der Waals surface area contributed by atoms with Crippen LogP contribution < -0.4 is 10.5 Å². The van der Waals surface area contributed by atoms with Gasteiger partial charge in [0.25, 0.3) is 5.91 Å². The lowest BCUT2D eigenvalue weighted by Gasteiger charge is -2.32. The number of thiophene rings is 1. The Labute approximate surface area is 197 Å². The Morgan fingerprint density at radius 3 is 2.67 bits per heavy atom. The van der Waals surface area contributed by atoms with E-state index >= 15 is 0 Å². The molecule has 1 atom stereocenters. The van der Waals surface area contributed by atoms with Crippen LogP contribution in [-0.2, 0) is 27.8 Å². The number of nitrogens with two attached hydrogens (primary N) is 1. The summed E-state index contributed by atoms with van der Waals surface area (Å²) in [7, 11) is -3.71. The van der Waals surface area contributed by atoms with Gasteiger partial charge in [-0.3, -0.25) is 9.59 Å². The maximum atomic E-state index is 13.2. The highest BCUT2D eigenvalue weighted by Crippen LogP contribution is 2.27. The van der Waals surface area contributed by atoms with Crippen molar-refractivity contribution in [2.75, 3.05) is 19.6 Å². The zero-order valence-corrected chi connectivity index (χ0v) is 20.1. The Hall–Kier alpha value is -2.69. The zero-order chi connectivity index (χ0) is 23.6. The van der Waals surface area contributed by atoms with Gasteiger partial charge in [-0.2, -0.15) is 0 Å². The first-order valence-corrected chi connectivity index (χ1v) is 13.5. The normalized spacial score (nSPS) is 16.8. The smallest absolute Gasteiger partial charge is 0.270 e. The third-order valence-corrected chi connectivity index (χ3v) is 7.88. The van der Waals surface area contributed by atoms with Crippen molar-refractivity contribution in [3.63, 3.8) is 0 Å². The van der Waals surface area contributed by atoms with Gasteiger partial charge >= 0.3 is 0 Å². The molecule has 0 saturated carbocycles. The second-order valence-corrected chi connectivity index (χ2v) is 10.8. The number of hydrogen-bond acceptors (Lipinski definition) is 5. The molecule has 8 nitrogen and oxygen atoms in total. The molecule has 4 rings (SSSR count). The highest BCUT2D eigenvalue weighted by Gasteiger charge is 2.30. The number of likely N-dealkylation sites (tertiary alicyclic amines) is 1. The number of nitrogens with zero attached hydrogens (tertiary/aromatic N) is 2. The summed E-state index contributed by atoms with van der Waals surface area (Å²) >= 11 is 1.62. The van der Waals surface area contributed by atoms with Crippen molar-refractivity contribution in [2.45, 2.75) is 37.6 Å². The molecule has 1 aromatic carbocycles. The number of rotatable bonds is 7. The molecule has 176 valence electrons.